The zero-order valence-electron chi connectivity index (χ0n) is 8.36. The Morgan fingerprint density at radius 2 is 1.93 bits per heavy atom. The van der Waals surface area contributed by atoms with Crippen molar-refractivity contribution in [2.75, 3.05) is 0 Å². The van der Waals surface area contributed by atoms with E-state index in [1.165, 1.54) is 11.1 Å². The Morgan fingerprint density at radius 1 is 1.07 bits per heavy atom. The summed E-state index contributed by atoms with van der Waals surface area (Å²) in [5, 5.41) is 0. The third-order valence-electron chi connectivity index (χ3n) is 2.12. The van der Waals surface area contributed by atoms with Gasteiger partial charge < -0.3 is 0 Å². The lowest BCUT2D eigenvalue weighted by Crippen LogP contribution is -1.91. The Hall–Kier alpha value is -1.70. The molecule has 0 aliphatic heterocycles. The van der Waals surface area contributed by atoms with Crippen molar-refractivity contribution in [3.05, 3.63) is 47.8 Å². The number of pyridine rings is 2. The Kier molecular flexibility index (Phi) is 2.27. The predicted octanol–water partition coefficient (Wildman–Crippen LogP) is 2.76. The molecule has 0 bridgehead atoms. The number of hydrogen-bond acceptors (Lipinski definition) is 2. The van der Waals surface area contributed by atoms with E-state index in [9.17, 15) is 0 Å². The molecule has 0 radical (unpaired) electrons. The maximum absolute atomic E-state index is 4.39. The minimum absolute atomic E-state index is 0.935. The van der Waals surface area contributed by atoms with Gasteiger partial charge in [-0.15, -0.1) is 0 Å². The first kappa shape index (κ1) is 8.88. The zero-order valence-corrected chi connectivity index (χ0v) is 8.36. The summed E-state index contributed by atoms with van der Waals surface area (Å²) in [7, 11) is 0. The van der Waals surface area contributed by atoms with E-state index in [1.54, 1.807) is 6.20 Å². The Labute approximate surface area is 83.7 Å². The molecule has 0 saturated carbocycles. The minimum atomic E-state index is 0.935. The summed E-state index contributed by atoms with van der Waals surface area (Å²) >= 11 is 0. The van der Waals surface area contributed by atoms with Crippen LogP contribution in [0.15, 0.2) is 36.7 Å². The van der Waals surface area contributed by atoms with Gasteiger partial charge in [0.25, 0.3) is 0 Å². The number of aromatic nitrogens is 2. The Balaban J connectivity index is 2.53. The first-order chi connectivity index (χ1) is 6.77. The van der Waals surface area contributed by atoms with E-state index >= 15 is 0 Å². The van der Waals surface area contributed by atoms with E-state index in [-0.39, 0.29) is 0 Å². The topological polar surface area (TPSA) is 25.8 Å². The van der Waals surface area contributed by atoms with Gasteiger partial charge in [0.1, 0.15) is 0 Å². The van der Waals surface area contributed by atoms with E-state index in [2.05, 4.69) is 23.0 Å². The maximum atomic E-state index is 4.39. The first-order valence-corrected chi connectivity index (χ1v) is 4.62. The number of hydrogen-bond donors (Lipinski definition) is 0. The summed E-state index contributed by atoms with van der Waals surface area (Å²) < 4.78 is 0. The van der Waals surface area contributed by atoms with Crippen LogP contribution in [0.1, 0.15) is 11.1 Å². The van der Waals surface area contributed by atoms with Crippen LogP contribution in [0.25, 0.3) is 11.4 Å². The molecule has 2 nitrogen and oxygen atoms in total. The molecular weight excluding hydrogens is 172 g/mol. The molecule has 2 rings (SSSR count). The monoisotopic (exact) mass is 184 g/mol. The van der Waals surface area contributed by atoms with Gasteiger partial charge >= 0.3 is 0 Å². The molecule has 2 heteroatoms. The van der Waals surface area contributed by atoms with E-state index in [1.807, 2.05) is 31.3 Å². The molecule has 2 heterocycles. The molecule has 0 fully saturated rings. The lowest BCUT2D eigenvalue weighted by molar-refractivity contribution is 1.19. The van der Waals surface area contributed by atoms with Gasteiger partial charge in [0.15, 0.2) is 0 Å². The Bertz CT molecular complexity index is 435. The summed E-state index contributed by atoms with van der Waals surface area (Å²) in [5.41, 5.74) is 4.26. The van der Waals surface area contributed by atoms with E-state index < -0.39 is 0 Å². The van der Waals surface area contributed by atoms with Crippen LogP contribution in [-0.4, -0.2) is 9.97 Å². The Morgan fingerprint density at radius 3 is 2.57 bits per heavy atom. The van der Waals surface area contributed by atoms with Crippen molar-refractivity contribution < 1.29 is 0 Å². The van der Waals surface area contributed by atoms with Gasteiger partial charge in [-0.2, -0.15) is 0 Å². The molecule has 0 unspecified atom stereocenters. The average molecular weight is 184 g/mol. The number of aryl methyl sites for hydroxylation is 2. The minimum Gasteiger partial charge on any atom is -0.255 e. The molecule has 0 spiro atoms. The highest BCUT2D eigenvalue weighted by molar-refractivity contribution is 5.58. The van der Waals surface area contributed by atoms with E-state index in [0.717, 1.165) is 11.4 Å². The van der Waals surface area contributed by atoms with Crippen molar-refractivity contribution >= 4 is 0 Å². The summed E-state index contributed by atoms with van der Waals surface area (Å²) in [6, 6.07) is 7.98. The molecule has 70 valence electrons. The van der Waals surface area contributed by atoms with Crippen molar-refractivity contribution in [1.82, 2.24) is 9.97 Å². The van der Waals surface area contributed by atoms with Gasteiger partial charge in [-0.1, -0.05) is 12.1 Å². The van der Waals surface area contributed by atoms with Crippen LogP contribution >= 0.6 is 0 Å². The molecule has 0 amide bonds. The second kappa shape index (κ2) is 3.58. The van der Waals surface area contributed by atoms with Gasteiger partial charge in [0, 0.05) is 12.4 Å². The maximum Gasteiger partial charge on any atom is 0.0915 e. The molecule has 2 aromatic heterocycles. The smallest absolute Gasteiger partial charge is 0.0915 e. The van der Waals surface area contributed by atoms with Gasteiger partial charge in [-0.3, -0.25) is 9.97 Å². The number of rotatable bonds is 1. The van der Waals surface area contributed by atoms with Crippen LogP contribution in [0.2, 0.25) is 0 Å². The predicted molar refractivity (Wildman–Crippen MR) is 56.9 cm³/mol. The molecule has 2 aromatic rings. The third-order valence-corrected chi connectivity index (χ3v) is 2.12. The van der Waals surface area contributed by atoms with Gasteiger partial charge in [-0.25, -0.2) is 0 Å². The van der Waals surface area contributed by atoms with Crippen LogP contribution in [-0.2, 0) is 0 Å². The highest BCUT2D eigenvalue weighted by Crippen LogP contribution is 2.18. The fourth-order valence-electron chi connectivity index (χ4n) is 1.49. The molecule has 0 N–H and O–H groups in total. The fraction of sp³-hybridized carbons (Fsp3) is 0.167. The lowest BCUT2D eigenvalue weighted by atomic mass is 10.1. The van der Waals surface area contributed by atoms with Gasteiger partial charge in [0.05, 0.1) is 11.4 Å². The largest absolute Gasteiger partial charge is 0.255 e. The third kappa shape index (κ3) is 1.64. The van der Waals surface area contributed by atoms with Crippen molar-refractivity contribution in [3.63, 3.8) is 0 Å². The SMILES string of the molecule is Cc1cnc(-c2ccccn2)c(C)c1. The summed E-state index contributed by atoms with van der Waals surface area (Å²) in [4.78, 5) is 8.66. The van der Waals surface area contributed by atoms with E-state index in [4.69, 9.17) is 0 Å². The van der Waals surface area contributed by atoms with Crippen LogP contribution in [0, 0.1) is 13.8 Å². The van der Waals surface area contributed by atoms with Crippen molar-refractivity contribution in [2.24, 2.45) is 0 Å². The summed E-state index contributed by atoms with van der Waals surface area (Å²) in [6.45, 7) is 4.10. The fourth-order valence-corrected chi connectivity index (χ4v) is 1.49. The second-order valence-electron chi connectivity index (χ2n) is 3.39. The molecule has 0 saturated heterocycles. The summed E-state index contributed by atoms with van der Waals surface area (Å²) in [5.74, 6) is 0. The molecule has 0 aliphatic rings. The first-order valence-electron chi connectivity index (χ1n) is 4.62. The van der Waals surface area contributed by atoms with Crippen LogP contribution in [0.4, 0.5) is 0 Å². The van der Waals surface area contributed by atoms with Crippen LogP contribution in [0.5, 0.6) is 0 Å². The zero-order chi connectivity index (χ0) is 9.97. The van der Waals surface area contributed by atoms with Gasteiger partial charge in [0.2, 0.25) is 0 Å². The molecule has 0 aliphatic carbocycles. The molecule has 14 heavy (non-hydrogen) atoms. The standard InChI is InChI=1S/C12H12N2/c1-9-7-10(2)12(14-8-9)11-5-3-4-6-13-11/h3-8H,1-2H3. The average Bonchev–Trinajstić information content (AvgIpc) is 2.19. The molecule has 0 atom stereocenters. The lowest BCUT2D eigenvalue weighted by Gasteiger charge is -2.04. The highest BCUT2D eigenvalue weighted by Gasteiger charge is 2.03. The second-order valence-corrected chi connectivity index (χ2v) is 3.39. The van der Waals surface area contributed by atoms with E-state index in [0.29, 0.717) is 0 Å². The molecule has 0 aromatic carbocycles. The summed E-state index contributed by atoms with van der Waals surface area (Å²) in [6.07, 6.45) is 3.66. The van der Waals surface area contributed by atoms with Crippen molar-refractivity contribution in [2.45, 2.75) is 13.8 Å². The normalized spacial score (nSPS) is 10.1. The number of nitrogens with zero attached hydrogens (tertiary/aromatic N) is 2. The highest BCUT2D eigenvalue weighted by atomic mass is 14.8. The van der Waals surface area contributed by atoms with Crippen molar-refractivity contribution in [1.29, 1.82) is 0 Å². The van der Waals surface area contributed by atoms with Crippen LogP contribution in [0.3, 0.4) is 0 Å². The molecular formula is C12H12N2. The van der Waals surface area contributed by atoms with Crippen molar-refractivity contribution in [3.8, 4) is 11.4 Å². The quantitative estimate of drug-likeness (QED) is 0.681. The van der Waals surface area contributed by atoms with Crippen LogP contribution < -0.4 is 0 Å². The van der Waals surface area contributed by atoms with Gasteiger partial charge in [-0.05, 0) is 37.1 Å².